The first-order valence-corrected chi connectivity index (χ1v) is 16.8. The van der Waals surface area contributed by atoms with Crippen LogP contribution in [0.2, 0.25) is 33.2 Å². The molecule has 0 bridgehead atoms. The summed E-state index contributed by atoms with van der Waals surface area (Å²) in [5.74, 6) is 0.319. The highest BCUT2D eigenvalue weighted by Crippen LogP contribution is 2.43. The molecule has 0 aromatic heterocycles. The summed E-state index contributed by atoms with van der Waals surface area (Å²) >= 11 is 24.7. The maximum absolute atomic E-state index is 6.25. The Hall–Kier alpha value is 0.357. The second-order valence-corrected chi connectivity index (χ2v) is 14.0. The van der Waals surface area contributed by atoms with Crippen molar-refractivity contribution < 1.29 is 8.85 Å². The van der Waals surface area contributed by atoms with Crippen LogP contribution >= 0.6 is 46.4 Å². The van der Waals surface area contributed by atoms with Crippen LogP contribution in [0.5, 0.6) is 5.75 Å². The molecule has 1 aromatic carbocycles. The average Bonchev–Trinajstić information content (AvgIpc) is 2.75. The molecular weight excluding hydrogens is 502 g/mol. The summed E-state index contributed by atoms with van der Waals surface area (Å²) in [6, 6.07) is 1.52. The van der Waals surface area contributed by atoms with E-state index in [9.17, 15) is 0 Å². The minimum Gasteiger partial charge on any atom is -0.518 e. The Kier molecular flexibility index (Phi) is 16.8. The Morgan fingerprint density at radius 3 is 1.41 bits per heavy atom. The summed E-state index contributed by atoms with van der Waals surface area (Å²) in [6.45, 7) is 6.90. The first-order chi connectivity index (χ1) is 15.3. The number of hydrogen-bond donors (Lipinski definition) is 0. The molecule has 0 saturated carbocycles. The molecule has 0 unspecified atom stereocenters. The van der Waals surface area contributed by atoms with E-state index in [0.29, 0.717) is 22.4 Å². The molecule has 7 heteroatoms. The molecule has 0 heterocycles. The van der Waals surface area contributed by atoms with E-state index in [4.69, 9.17) is 55.3 Å². The lowest BCUT2D eigenvalue weighted by molar-refractivity contribution is 0.241. The summed E-state index contributed by atoms with van der Waals surface area (Å²) in [5.41, 5.74) is 0. The Balaban J connectivity index is 2.04. The molecule has 0 fully saturated rings. The lowest BCUT2D eigenvalue weighted by atomic mass is 10.0. The Morgan fingerprint density at radius 2 is 1.00 bits per heavy atom. The first kappa shape index (κ1) is 30.4. The van der Waals surface area contributed by atoms with Crippen LogP contribution in [0, 0.1) is 0 Å². The van der Waals surface area contributed by atoms with Crippen LogP contribution in [-0.2, 0) is 4.43 Å². The summed E-state index contributed by atoms with van der Waals surface area (Å²) in [4.78, 5) is 0. The minimum absolute atomic E-state index is 0.275. The predicted molar refractivity (Wildman–Crippen MR) is 145 cm³/mol. The van der Waals surface area contributed by atoms with E-state index in [1.165, 1.54) is 96.0 Å². The highest BCUT2D eigenvalue weighted by Gasteiger charge is 2.30. The van der Waals surface area contributed by atoms with Gasteiger partial charge in [-0.1, -0.05) is 143 Å². The molecule has 1 rings (SSSR count). The van der Waals surface area contributed by atoms with Gasteiger partial charge in [-0.15, -0.1) is 0 Å². The molecule has 0 amide bonds. The van der Waals surface area contributed by atoms with Crippen molar-refractivity contribution in [1.82, 2.24) is 0 Å². The predicted octanol–water partition coefficient (Wildman–Crippen LogP) is 11.3. The van der Waals surface area contributed by atoms with Crippen molar-refractivity contribution in [2.75, 3.05) is 6.61 Å². The fraction of sp³-hybridized carbons (Fsp3) is 0.760. The second kappa shape index (κ2) is 17.7. The Bertz CT molecular complexity index is 615. The SMILES string of the molecule is CCCCCCCCCCCCCCCCCO[Si](C)(C)Oc1c(Cl)c(Cl)cc(Cl)c1Cl. The van der Waals surface area contributed by atoms with Crippen molar-refractivity contribution in [3.05, 3.63) is 26.2 Å². The molecule has 186 valence electrons. The number of benzene rings is 1. The fourth-order valence-electron chi connectivity index (χ4n) is 3.71. The summed E-state index contributed by atoms with van der Waals surface area (Å²) in [6.07, 6.45) is 20.2. The highest BCUT2D eigenvalue weighted by atomic mass is 35.5. The van der Waals surface area contributed by atoms with Crippen LogP contribution in [0.1, 0.15) is 103 Å². The molecule has 0 N–H and O–H groups in total. The van der Waals surface area contributed by atoms with Gasteiger partial charge in [0.2, 0.25) is 0 Å². The standard InChI is InChI=1S/C25H42Cl4O2Si/c1-4-5-6-7-8-9-10-11-12-13-14-15-16-17-18-19-30-32(2,3)31-25-23(28)21(26)20-22(27)24(25)29/h20H,4-19H2,1-3H3. The van der Waals surface area contributed by atoms with Crippen molar-refractivity contribution in [3.8, 4) is 5.75 Å². The van der Waals surface area contributed by atoms with Crippen LogP contribution in [0.3, 0.4) is 0 Å². The van der Waals surface area contributed by atoms with Gasteiger partial charge in [0.25, 0.3) is 0 Å². The van der Waals surface area contributed by atoms with Gasteiger partial charge < -0.3 is 8.85 Å². The van der Waals surface area contributed by atoms with Gasteiger partial charge in [-0.25, -0.2) is 0 Å². The first-order valence-electron chi connectivity index (χ1n) is 12.4. The zero-order valence-electron chi connectivity index (χ0n) is 20.2. The van der Waals surface area contributed by atoms with Gasteiger partial charge in [-0.3, -0.25) is 0 Å². The van der Waals surface area contributed by atoms with Crippen LogP contribution in [0.25, 0.3) is 0 Å². The molecule has 0 atom stereocenters. The van der Waals surface area contributed by atoms with E-state index in [1.807, 2.05) is 13.1 Å². The highest BCUT2D eigenvalue weighted by molar-refractivity contribution is 6.65. The third-order valence-corrected chi connectivity index (χ3v) is 8.75. The zero-order chi connectivity index (χ0) is 23.8. The molecule has 32 heavy (non-hydrogen) atoms. The van der Waals surface area contributed by atoms with E-state index >= 15 is 0 Å². The van der Waals surface area contributed by atoms with Crippen molar-refractivity contribution in [1.29, 1.82) is 0 Å². The third-order valence-electron chi connectivity index (χ3n) is 5.62. The molecule has 0 radical (unpaired) electrons. The summed E-state index contributed by atoms with van der Waals surface area (Å²) < 4.78 is 12.1. The maximum Gasteiger partial charge on any atom is 0.392 e. The van der Waals surface area contributed by atoms with E-state index < -0.39 is 8.56 Å². The van der Waals surface area contributed by atoms with Crippen molar-refractivity contribution in [2.24, 2.45) is 0 Å². The monoisotopic (exact) mass is 542 g/mol. The smallest absolute Gasteiger partial charge is 0.392 e. The van der Waals surface area contributed by atoms with E-state index in [1.54, 1.807) is 0 Å². The van der Waals surface area contributed by atoms with Crippen LogP contribution in [0.4, 0.5) is 0 Å². The molecular formula is C25H42Cl4O2Si. The van der Waals surface area contributed by atoms with Gasteiger partial charge >= 0.3 is 8.56 Å². The molecule has 0 aliphatic carbocycles. The molecule has 2 nitrogen and oxygen atoms in total. The van der Waals surface area contributed by atoms with Crippen LogP contribution in [-0.4, -0.2) is 15.2 Å². The van der Waals surface area contributed by atoms with Crippen LogP contribution in [0.15, 0.2) is 6.07 Å². The summed E-state index contributed by atoms with van der Waals surface area (Å²) in [7, 11) is -2.45. The molecule has 0 saturated heterocycles. The number of hydrogen-bond acceptors (Lipinski definition) is 2. The molecule has 1 aromatic rings. The fourth-order valence-corrected chi connectivity index (χ4v) is 6.10. The molecule has 0 aliphatic rings. The zero-order valence-corrected chi connectivity index (χ0v) is 24.2. The minimum atomic E-state index is -2.45. The van der Waals surface area contributed by atoms with Gasteiger partial charge in [-0.2, -0.15) is 0 Å². The number of unbranched alkanes of at least 4 members (excludes halogenated alkanes) is 14. The van der Waals surface area contributed by atoms with Crippen molar-refractivity contribution >= 4 is 55.0 Å². The largest absolute Gasteiger partial charge is 0.518 e. The average molecular weight is 545 g/mol. The van der Waals surface area contributed by atoms with Gasteiger partial charge in [-0.05, 0) is 25.6 Å². The number of halogens is 4. The summed E-state index contributed by atoms with van der Waals surface area (Å²) in [5, 5.41) is 1.20. The van der Waals surface area contributed by atoms with Gasteiger partial charge in [0.05, 0.1) is 10.0 Å². The van der Waals surface area contributed by atoms with Gasteiger partial charge in [0.1, 0.15) is 15.8 Å². The quantitative estimate of drug-likeness (QED) is 0.0980. The Morgan fingerprint density at radius 1 is 0.625 bits per heavy atom. The Labute approximate surface area is 217 Å². The lowest BCUT2D eigenvalue weighted by Gasteiger charge is -2.25. The normalized spacial score (nSPS) is 11.8. The van der Waals surface area contributed by atoms with Crippen LogP contribution < -0.4 is 4.43 Å². The van der Waals surface area contributed by atoms with E-state index in [2.05, 4.69) is 6.92 Å². The molecule has 0 aliphatic heterocycles. The van der Waals surface area contributed by atoms with E-state index in [0.717, 1.165) is 6.42 Å². The van der Waals surface area contributed by atoms with E-state index in [-0.39, 0.29) is 10.0 Å². The lowest BCUT2D eigenvalue weighted by Crippen LogP contribution is -2.39. The van der Waals surface area contributed by atoms with Crippen molar-refractivity contribution in [3.63, 3.8) is 0 Å². The van der Waals surface area contributed by atoms with Gasteiger partial charge in [0.15, 0.2) is 0 Å². The maximum atomic E-state index is 6.25. The third kappa shape index (κ3) is 13.3. The van der Waals surface area contributed by atoms with Gasteiger partial charge in [0, 0.05) is 6.61 Å². The van der Waals surface area contributed by atoms with Crippen molar-refractivity contribution in [2.45, 2.75) is 116 Å². The second-order valence-electron chi connectivity index (χ2n) is 9.10. The number of rotatable bonds is 19. The topological polar surface area (TPSA) is 18.5 Å². The molecule has 0 spiro atoms.